The summed E-state index contributed by atoms with van der Waals surface area (Å²) in [6.07, 6.45) is 7.24. The highest BCUT2D eigenvalue weighted by molar-refractivity contribution is 5.21. The number of piperidine rings is 1. The van der Waals surface area contributed by atoms with Gasteiger partial charge in [0.2, 0.25) is 0 Å². The van der Waals surface area contributed by atoms with Gasteiger partial charge in [0.05, 0.1) is 11.4 Å². The predicted molar refractivity (Wildman–Crippen MR) is 97.7 cm³/mol. The molecule has 24 heavy (non-hydrogen) atoms. The second-order valence-corrected chi connectivity index (χ2v) is 6.62. The molecule has 0 atom stereocenters. The van der Waals surface area contributed by atoms with E-state index in [0.717, 1.165) is 32.6 Å². The normalized spacial score (nSPS) is 15.8. The predicted octanol–water partition coefficient (Wildman–Crippen LogP) is 3.10. The molecule has 0 aliphatic carbocycles. The number of hydrogen-bond acceptors (Lipinski definition) is 4. The van der Waals surface area contributed by atoms with E-state index in [1.54, 1.807) is 0 Å². The molecule has 3 rings (SSSR count). The van der Waals surface area contributed by atoms with E-state index in [2.05, 4.69) is 46.2 Å². The summed E-state index contributed by atoms with van der Waals surface area (Å²) < 4.78 is 0. The molecule has 2 aromatic rings. The van der Waals surface area contributed by atoms with E-state index < -0.39 is 0 Å². The fraction of sp³-hybridized carbons (Fsp3) is 0.500. The Morgan fingerprint density at radius 3 is 2.42 bits per heavy atom. The van der Waals surface area contributed by atoms with Crippen LogP contribution in [-0.2, 0) is 19.5 Å². The number of nitrogens with zero attached hydrogens (tertiary/aromatic N) is 3. The molecule has 4 heteroatoms. The Morgan fingerprint density at radius 2 is 1.71 bits per heavy atom. The van der Waals surface area contributed by atoms with Crippen molar-refractivity contribution in [3.05, 3.63) is 59.2 Å². The Morgan fingerprint density at radius 1 is 1.04 bits per heavy atom. The van der Waals surface area contributed by atoms with Gasteiger partial charge in [0, 0.05) is 31.5 Å². The van der Waals surface area contributed by atoms with Crippen LogP contribution in [0.3, 0.4) is 0 Å². The molecule has 1 saturated heterocycles. The van der Waals surface area contributed by atoms with E-state index in [1.807, 2.05) is 24.5 Å². The zero-order valence-electron chi connectivity index (χ0n) is 14.8. The first kappa shape index (κ1) is 17.1. The van der Waals surface area contributed by atoms with Crippen LogP contribution in [0.4, 0.5) is 0 Å². The van der Waals surface area contributed by atoms with Gasteiger partial charge in [-0.2, -0.15) is 0 Å². The summed E-state index contributed by atoms with van der Waals surface area (Å²) in [7, 11) is 0. The van der Waals surface area contributed by atoms with Crippen molar-refractivity contribution in [1.82, 2.24) is 20.2 Å². The fourth-order valence-electron chi connectivity index (χ4n) is 3.49. The minimum Gasteiger partial charge on any atom is -0.317 e. The lowest BCUT2D eigenvalue weighted by Gasteiger charge is -2.35. The third-order valence-corrected chi connectivity index (χ3v) is 5.01. The lowest BCUT2D eigenvalue weighted by atomic mass is 10.0. The highest BCUT2D eigenvalue weighted by Gasteiger charge is 2.23. The van der Waals surface area contributed by atoms with E-state index in [1.165, 1.54) is 35.4 Å². The Bertz CT molecular complexity index is 650. The Hall–Kier alpha value is -1.78. The van der Waals surface area contributed by atoms with Gasteiger partial charge in [-0.1, -0.05) is 19.1 Å². The number of hydrogen-bond donors (Lipinski definition) is 1. The highest BCUT2D eigenvalue weighted by atomic mass is 15.2. The molecule has 1 fully saturated rings. The Balaban J connectivity index is 1.83. The van der Waals surface area contributed by atoms with Crippen molar-refractivity contribution >= 4 is 0 Å². The van der Waals surface area contributed by atoms with Gasteiger partial charge in [0.15, 0.2) is 0 Å². The molecule has 1 aliphatic rings. The zero-order valence-corrected chi connectivity index (χ0v) is 14.8. The number of rotatable bonds is 6. The summed E-state index contributed by atoms with van der Waals surface area (Å²) in [5, 5.41) is 3.47. The molecule has 3 heterocycles. The van der Waals surface area contributed by atoms with Crippen molar-refractivity contribution in [1.29, 1.82) is 0 Å². The Labute approximate surface area is 145 Å². The quantitative estimate of drug-likeness (QED) is 0.886. The van der Waals surface area contributed by atoms with Crippen LogP contribution in [0.15, 0.2) is 36.7 Å². The molecule has 0 amide bonds. The summed E-state index contributed by atoms with van der Waals surface area (Å²) in [6, 6.07) is 9.01. The third-order valence-electron chi connectivity index (χ3n) is 5.01. The summed E-state index contributed by atoms with van der Waals surface area (Å²) in [5.41, 5.74) is 5.03. The maximum atomic E-state index is 4.67. The maximum Gasteiger partial charge on any atom is 0.0575 e. The van der Waals surface area contributed by atoms with Gasteiger partial charge >= 0.3 is 0 Å². The van der Waals surface area contributed by atoms with Crippen LogP contribution >= 0.6 is 0 Å². The zero-order chi connectivity index (χ0) is 16.8. The van der Waals surface area contributed by atoms with Crippen molar-refractivity contribution < 1.29 is 0 Å². The average molecular weight is 324 g/mol. The van der Waals surface area contributed by atoms with E-state index in [9.17, 15) is 0 Å². The lowest BCUT2D eigenvalue weighted by molar-refractivity contribution is 0.141. The second kappa shape index (κ2) is 8.36. The van der Waals surface area contributed by atoms with Crippen LogP contribution in [0.5, 0.6) is 0 Å². The standard InChI is InChI=1S/C20H28N4/c1-3-17-7-5-11-23-20(17)15-24(18-8-12-21-13-9-18)14-19-16(2)6-4-10-22-19/h4-7,10-11,18,21H,3,8-9,12-15H2,1-2H3. The maximum absolute atomic E-state index is 4.67. The number of aromatic nitrogens is 2. The molecule has 1 N–H and O–H groups in total. The van der Waals surface area contributed by atoms with Gasteiger partial charge in [-0.3, -0.25) is 14.9 Å². The fourth-order valence-corrected chi connectivity index (χ4v) is 3.49. The van der Waals surface area contributed by atoms with E-state index in [-0.39, 0.29) is 0 Å². The van der Waals surface area contributed by atoms with E-state index in [4.69, 9.17) is 0 Å². The van der Waals surface area contributed by atoms with Crippen LogP contribution in [0, 0.1) is 6.92 Å². The van der Waals surface area contributed by atoms with Crippen LogP contribution in [0.2, 0.25) is 0 Å². The average Bonchev–Trinajstić information content (AvgIpc) is 2.64. The molecular weight excluding hydrogens is 296 g/mol. The van der Waals surface area contributed by atoms with Crippen molar-refractivity contribution in [2.24, 2.45) is 0 Å². The van der Waals surface area contributed by atoms with Crippen LogP contribution in [-0.4, -0.2) is 34.0 Å². The van der Waals surface area contributed by atoms with Crippen molar-refractivity contribution in [2.45, 2.75) is 52.2 Å². The first-order valence-corrected chi connectivity index (χ1v) is 9.06. The molecule has 0 radical (unpaired) electrons. The topological polar surface area (TPSA) is 41.1 Å². The van der Waals surface area contributed by atoms with Gasteiger partial charge in [0.25, 0.3) is 0 Å². The summed E-state index contributed by atoms with van der Waals surface area (Å²) in [4.78, 5) is 11.9. The molecule has 0 spiro atoms. The summed E-state index contributed by atoms with van der Waals surface area (Å²) in [5.74, 6) is 0. The number of nitrogens with one attached hydrogen (secondary N) is 1. The molecule has 0 bridgehead atoms. The van der Waals surface area contributed by atoms with Gasteiger partial charge in [-0.15, -0.1) is 0 Å². The van der Waals surface area contributed by atoms with Gasteiger partial charge in [0.1, 0.15) is 0 Å². The molecule has 2 aromatic heterocycles. The minimum atomic E-state index is 0.597. The first-order chi connectivity index (χ1) is 11.8. The second-order valence-electron chi connectivity index (χ2n) is 6.62. The molecular formula is C20H28N4. The van der Waals surface area contributed by atoms with E-state index in [0.29, 0.717) is 6.04 Å². The number of pyridine rings is 2. The van der Waals surface area contributed by atoms with Gasteiger partial charge < -0.3 is 5.32 Å². The highest BCUT2D eigenvalue weighted by Crippen LogP contribution is 2.20. The molecule has 4 nitrogen and oxygen atoms in total. The van der Waals surface area contributed by atoms with Gasteiger partial charge in [-0.05, 0) is 62.5 Å². The monoisotopic (exact) mass is 324 g/mol. The Kier molecular flexibility index (Phi) is 5.94. The smallest absolute Gasteiger partial charge is 0.0575 e. The summed E-state index contributed by atoms with van der Waals surface area (Å²) in [6.45, 7) is 8.37. The summed E-state index contributed by atoms with van der Waals surface area (Å²) >= 11 is 0. The van der Waals surface area contributed by atoms with Crippen LogP contribution in [0.1, 0.15) is 42.3 Å². The number of aryl methyl sites for hydroxylation is 2. The molecule has 0 unspecified atom stereocenters. The van der Waals surface area contributed by atoms with Crippen molar-refractivity contribution in [3.8, 4) is 0 Å². The lowest BCUT2D eigenvalue weighted by Crippen LogP contribution is -2.42. The third kappa shape index (κ3) is 4.19. The molecule has 0 saturated carbocycles. The largest absolute Gasteiger partial charge is 0.317 e. The minimum absolute atomic E-state index is 0.597. The SMILES string of the molecule is CCc1cccnc1CN(Cc1ncccc1C)C1CCNCC1. The van der Waals surface area contributed by atoms with Crippen molar-refractivity contribution in [2.75, 3.05) is 13.1 Å². The molecule has 0 aromatic carbocycles. The van der Waals surface area contributed by atoms with Gasteiger partial charge in [-0.25, -0.2) is 0 Å². The van der Waals surface area contributed by atoms with E-state index >= 15 is 0 Å². The van der Waals surface area contributed by atoms with Crippen molar-refractivity contribution in [3.63, 3.8) is 0 Å². The van der Waals surface area contributed by atoms with Crippen LogP contribution in [0.25, 0.3) is 0 Å². The molecule has 128 valence electrons. The first-order valence-electron chi connectivity index (χ1n) is 9.06. The molecule has 1 aliphatic heterocycles. The van der Waals surface area contributed by atoms with Crippen LogP contribution < -0.4 is 5.32 Å².